The lowest BCUT2D eigenvalue weighted by atomic mass is 9.34. The molecule has 0 bridgehead atoms. The normalized spacial score (nSPS) is 14.9. The average Bonchev–Trinajstić information content (AvgIpc) is 3.76. The number of nitrogens with one attached hydrogen (secondary N) is 4. The van der Waals surface area contributed by atoms with Gasteiger partial charge in [-0.2, -0.15) is 11.3 Å². The second kappa shape index (κ2) is 13.6. The Kier molecular flexibility index (Phi) is 6.91. The van der Waals surface area contributed by atoms with Gasteiger partial charge in [-0.05, 0) is 118 Å². The molecule has 4 N–H and O–H groups in total. The van der Waals surface area contributed by atoms with Crippen molar-refractivity contribution in [1.82, 2.24) is 0 Å². The third kappa shape index (κ3) is 4.55. The van der Waals surface area contributed by atoms with Gasteiger partial charge in [-0.25, -0.2) is 0 Å². The summed E-state index contributed by atoms with van der Waals surface area (Å²) in [6.07, 6.45) is 0. The number of nitrogens with zero attached hydrogens (tertiary/aromatic N) is 5. The van der Waals surface area contributed by atoms with Gasteiger partial charge in [-0.3, -0.25) is 0 Å². The fraction of sp³-hybridized carbons (Fsp3) is 0.0149. The minimum Gasteiger partial charge on any atom is -0.352 e. The summed E-state index contributed by atoms with van der Waals surface area (Å²) in [6, 6.07) is 72.4. The maximum atomic E-state index is 4.18. The zero-order valence-corrected chi connectivity index (χ0v) is 43.1. The Bertz CT molecular complexity index is 4900. The van der Waals surface area contributed by atoms with Crippen LogP contribution >= 0.6 is 11.3 Å². The number of thiophene rings is 1. The van der Waals surface area contributed by atoms with Crippen molar-refractivity contribution in [1.29, 1.82) is 0 Å². The van der Waals surface area contributed by atoms with Gasteiger partial charge >= 0.3 is 0 Å². The van der Waals surface area contributed by atoms with Gasteiger partial charge in [0.25, 0.3) is 13.4 Å². The largest absolute Gasteiger partial charge is 0.352 e. The summed E-state index contributed by atoms with van der Waals surface area (Å²) in [4.78, 5) is 13.1. The maximum absolute atomic E-state index is 4.18. The van der Waals surface area contributed by atoms with Crippen molar-refractivity contribution in [2.75, 3.05) is 45.8 Å². The molecule has 0 fully saturated rings. The number of para-hydroxylation sites is 6. The van der Waals surface area contributed by atoms with Gasteiger partial charge in [-0.15, -0.1) is 0 Å². The number of hydrogen-bond acceptors (Lipinski definition) is 10. The van der Waals surface area contributed by atoms with Crippen molar-refractivity contribution >= 4 is 209 Å². The van der Waals surface area contributed by atoms with Crippen LogP contribution in [0.2, 0.25) is 0 Å². The van der Waals surface area contributed by atoms with Crippen LogP contribution in [-0.4, -0.2) is 13.4 Å². The summed E-state index contributed by atoms with van der Waals surface area (Å²) in [5.74, 6) is 0. The lowest BCUT2D eigenvalue weighted by Crippen LogP contribution is -2.62. The standard InChI is InChI=1S/C67H39B2N9S/c1-34-30-49-52-62-54(34)70-43-24-14-25-44-60(43)77(62)58-41(31-35-16-8-10-22-39(35)55(58)71-44)68(52)66-64-65-67(79-66)69-42-32-36-17-9-11-23-40(36)56-59(42)78-61-45(72-56)26-15-27-46(61)73-57-51(74(37-18-4-2-5-19-37)38-20-6-3-7-21-38)33-50(53(69)63(57)78)76(65)48-29-13-12-28-47(48)75(49)64/h2-33,70-73H,1H3. The summed E-state index contributed by atoms with van der Waals surface area (Å²) in [5, 5.41) is 21.3. The molecule has 0 aliphatic carbocycles. The lowest BCUT2D eigenvalue weighted by molar-refractivity contribution is 1.16. The zero-order valence-electron chi connectivity index (χ0n) is 42.3. The van der Waals surface area contributed by atoms with E-state index in [9.17, 15) is 0 Å². The van der Waals surface area contributed by atoms with Crippen LogP contribution in [0.3, 0.4) is 0 Å². The highest BCUT2D eigenvalue weighted by Gasteiger charge is 2.57. The number of fused-ring (bicyclic) bond motifs is 13. The van der Waals surface area contributed by atoms with Crippen LogP contribution in [0.4, 0.5) is 131 Å². The van der Waals surface area contributed by atoms with Crippen molar-refractivity contribution in [2.24, 2.45) is 0 Å². The predicted octanol–water partition coefficient (Wildman–Crippen LogP) is 14.5. The average molecular weight is 1020 g/mol. The second-order valence-electron chi connectivity index (χ2n) is 22.4. The molecule has 11 aromatic carbocycles. The first-order chi connectivity index (χ1) is 39.1. The number of rotatable bonds is 3. The van der Waals surface area contributed by atoms with Crippen molar-refractivity contribution in [3.05, 3.63) is 200 Å². The number of benzene rings is 11. The smallest absolute Gasteiger partial charge is 0.264 e. The molecule has 0 saturated heterocycles. The highest BCUT2D eigenvalue weighted by Crippen LogP contribution is 2.66. The van der Waals surface area contributed by atoms with Crippen LogP contribution in [-0.2, 0) is 0 Å². The second-order valence-corrected chi connectivity index (χ2v) is 23.4. The third-order valence-corrected chi connectivity index (χ3v) is 19.9. The first kappa shape index (κ1) is 40.3. The van der Waals surface area contributed by atoms with E-state index < -0.39 is 0 Å². The molecule has 0 spiro atoms. The summed E-state index contributed by atoms with van der Waals surface area (Å²) in [6.45, 7) is 2.13. The molecule has 9 aliphatic rings. The van der Waals surface area contributed by atoms with Gasteiger partial charge in [0.2, 0.25) is 0 Å². The number of aryl methyl sites for hydroxylation is 1. The van der Waals surface area contributed by atoms with Crippen molar-refractivity contribution < 1.29 is 0 Å². The minimum atomic E-state index is -0.110. The highest BCUT2D eigenvalue weighted by molar-refractivity contribution is 7.39. The molecule has 12 heteroatoms. The van der Waals surface area contributed by atoms with Crippen LogP contribution < -0.4 is 77.2 Å². The van der Waals surface area contributed by atoms with Crippen LogP contribution in [0.25, 0.3) is 21.5 Å². The third-order valence-electron chi connectivity index (χ3n) is 18.6. The Balaban J connectivity index is 0.931. The Morgan fingerprint density at radius 3 is 1.34 bits per heavy atom. The molecule has 10 heterocycles. The summed E-state index contributed by atoms with van der Waals surface area (Å²) >= 11 is 2.05. The molecular weight excluding hydrogens is 984 g/mol. The van der Waals surface area contributed by atoms with Crippen molar-refractivity contribution in [2.45, 2.75) is 6.92 Å². The molecule has 9 aliphatic heterocycles. The predicted molar refractivity (Wildman–Crippen MR) is 333 cm³/mol. The van der Waals surface area contributed by atoms with Gasteiger partial charge in [0.15, 0.2) is 0 Å². The minimum absolute atomic E-state index is 0.0639. The van der Waals surface area contributed by atoms with E-state index >= 15 is 0 Å². The van der Waals surface area contributed by atoms with E-state index in [4.69, 9.17) is 0 Å². The van der Waals surface area contributed by atoms with Gasteiger partial charge in [0.05, 0.1) is 108 Å². The molecule has 12 aromatic rings. The van der Waals surface area contributed by atoms with E-state index in [2.05, 4.69) is 247 Å². The maximum Gasteiger partial charge on any atom is 0.264 e. The fourth-order valence-electron chi connectivity index (χ4n) is 15.7. The fourth-order valence-corrected chi connectivity index (χ4v) is 17.2. The van der Waals surface area contributed by atoms with E-state index in [0.717, 1.165) is 56.9 Å². The van der Waals surface area contributed by atoms with E-state index in [1.807, 2.05) is 11.3 Å². The Labute approximate surface area is 458 Å². The van der Waals surface area contributed by atoms with Crippen LogP contribution in [0.15, 0.2) is 194 Å². The van der Waals surface area contributed by atoms with Gasteiger partial charge in [-0.1, -0.05) is 121 Å². The summed E-state index contributed by atoms with van der Waals surface area (Å²) in [5.41, 5.74) is 33.4. The Hall–Kier alpha value is -10.0. The van der Waals surface area contributed by atoms with E-state index in [1.54, 1.807) is 0 Å². The molecule has 1 aromatic heterocycles. The van der Waals surface area contributed by atoms with E-state index in [-0.39, 0.29) is 13.4 Å². The molecule has 0 unspecified atom stereocenters. The molecule has 0 saturated carbocycles. The zero-order chi connectivity index (χ0) is 50.8. The molecule has 9 nitrogen and oxygen atoms in total. The first-order valence-corrected chi connectivity index (χ1v) is 28.2. The van der Waals surface area contributed by atoms with Gasteiger partial charge in [0.1, 0.15) is 0 Å². The van der Waals surface area contributed by atoms with Crippen LogP contribution in [0.5, 0.6) is 0 Å². The topological polar surface area (TPSA) is 64.3 Å². The first-order valence-electron chi connectivity index (χ1n) is 27.3. The molecule has 79 heavy (non-hydrogen) atoms. The van der Waals surface area contributed by atoms with Gasteiger partial charge < -0.3 is 45.8 Å². The van der Waals surface area contributed by atoms with Crippen molar-refractivity contribution in [3.8, 4) is 0 Å². The molecule has 0 radical (unpaired) electrons. The quantitative estimate of drug-likeness (QED) is 0.130. The molecule has 364 valence electrons. The monoisotopic (exact) mass is 1020 g/mol. The number of anilines is 23. The summed E-state index contributed by atoms with van der Waals surface area (Å²) in [7, 11) is 0. The number of hydrogen-bond donors (Lipinski definition) is 4. The van der Waals surface area contributed by atoms with Crippen molar-refractivity contribution in [3.63, 3.8) is 0 Å². The lowest BCUT2D eigenvalue weighted by Gasteiger charge is -2.52. The Morgan fingerprint density at radius 1 is 0.367 bits per heavy atom. The van der Waals surface area contributed by atoms with Gasteiger partial charge in [0, 0.05) is 43.1 Å². The van der Waals surface area contributed by atoms with Crippen LogP contribution in [0.1, 0.15) is 5.56 Å². The molecule has 0 atom stereocenters. The highest BCUT2D eigenvalue weighted by atomic mass is 32.1. The molecule has 0 amide bonds. The Morgan fingerprint density at radius 2 is 0.810 bits per heavy atom. The van der Waals surface area contributed by atoms with E-state index in [0.29, 0.717) is 0 Å². The van der Waals surface area contributed by atoms with E-state index in [1.165, 1.54) is 132 Å². The SMILES string of the molecule is Cc1cc2c3c4c1Nc1cccc5c1N4c1c(cc4ccccc4c1N5)B3c1sc3c4c1N2c1ccccc1N4c1cc(N(c2ccccc2)c2ccccc2)c2c4c1B3c1cc3ccccc3c3c1N4c1c(cccc1N3)N2. The molecule has 21 rings (SSSR count). The molecular formula is C67H39B2N9S. The summed E-state index contributed by atoms with van der Waals surface area (Å²) < 4.78 is 2.75. The van der Waals surface area contributed by atoms with Crippen LogP contribution in [0, 0.1) is 6.92 Å².